The summed E-state index contributed by atoms with van der Waals surface area (Å²) in [4.78, 5) is 2.81. The van der Waals surface area contributed by atoms with Crippen LogP contribution in [0.4, 0.5) is 27.6 Å². The Kier molecular flexibility index (Phi) is 2.69. The molecule has 0 saturated carbocycles. The van der Waals surface area contributed by atoms with Gasteiger partial charge in [0.05, 0.1) is 5.69 Å². The third-order valence-electron chi connectivity index (χ3n) is 1.63. The third-order valence-corrected chi connectivity index (χ3v) is 1.63. The first-order valence-electron chi connectivity index (χ1n) is 3.57. The summed E-state index contributed by atoms with van der Waals surface area (Å²) in [5.74, 6) is -1.33. The lowest BCUT2D eigenvalue weighted by atomic mass is 10.2. The van der Waals surface area contributed by atoms with Gasteiger partial charge in [0.1, 0.15) is 5.56 Å². The van der Waals surface area contributed by atoms with Crippen LogP contribution in [-0.4, -0.2) is 10.1 Å². The van der Waals surface area contributed by atoms with Crippen molar-refractivity contribution < 1.29 is 27.1 Å². The van der Waals surface area contributed by atoms with Gasteiger partial charge in [-0.3, -0.25) is 4.98 Å². The van der Waals surface area contributed by atoms with Crippen molar-refractivity contribution in [1.29, 1.82) is 0 Å². The number of aromatic nitrogens is 1. The van der Waals surface area contributed by atoms with Crippen molar-refractivity contribution in [2.24, 2.45) is 0 Å². The molecule has 1 rings (SSSR count). The highest BCUT2D eigenvalue weighted by atomic mass is 19.4. The normalized spacial score (nSPS) is 12.1. The molecule has 3 N–H and O–H groups in total. The first kappa shape index (κ1) is 11.5. The molecule has 0 spiro atoms. The number of rotatable bonds is 1. The largest absolute Gasteiger partial charge is 0.504 e. The molecule has 1 aromatic heterocycles. The van der Waals surface area contributed by atoms with Gasteiger partial charge in [0.15, 0.2) is 11.4 Å². The average Bonchev–Trinajstić information content (AvgIpc) is 2.06. The van der Waals surface area contributed by atoms with Crippen LogP contribution < -0.4 is 5.73 Å². The van der Waals surface area contributed by atoms with Gasteiger partial charge >= 0.3 is 6.18 Å². The molecule has 0 aromatic carbocycles. The average molecular weight is 228 g/mol. The van der Waals surface area contributed by atoms with Crippen molar-refractivity contribution in [2.75, 3.05) is 5.73 Å². The van der Waals surface area contributed by atoms with Crippen LogP contribution in [-0.2, 0) is 6.18 Å². The van der Waals surface area contributed by atoms with Gasteiger partial charge in [-0.1, -0.05) is 0 Å². The maximum absolute atomic E-state index is 12.1. The fraction of sp³-hybridized carbons (Fsp3) is 0.286. The summed E-state index contributed by atoms with van der Waals surface area (Å²) in [6.45, 7) is 0. The van der Waals surface area contributed by atoms with Crippen LogP contribution in [0, 0.1) is 0 Å². The number of hydrogen-bond acceptors (Lipinski definition) is 3. The molecule has 0 radical (unpaired) electrons. The monoisotopic (exact) mass is 228 g/mol. The lowest BCUT2D eigenvalue weighted by Crippen LogP contribution is -2.11. The van der Waals surface area contributed by atoms with E-state index in [-0.39, 0.29) is 6.20 Å². The Morgan fingerprint density at radius 1 is 1.33 bits per heavy atom. The van der Waals surface area contributed by atoms with E-state index in [1.54, 1.807) is 0 Å². The van der Waals surface area contributed by atoms with Gasteiger partial charge in [0, 0.05) is 6.20 Å². The molecule has 0 unspecified atom stereocenters. The molecule has 0 atom stereocenters. The van der Waals surface area contributed by atoms with Crippen molar-refractivity contribution in [1.82, 2.24) is 4.98 Å². The summed E-state index contributed by atoms with van der Waals surface area (Å²) in [5, 5.41) is 8.94. The molecule has 0 aliphatic heterocycles. The Balaban J connectivity index is 3.34. The molecule has 0 bridgehead atoms. The Bertz CT molecular complexity index is 376. The standard InChI is InChI=1S/C7H5F5N2O/c8-6(9)4-5(15)3(13)2(1-14-4)7(10,11)12/h1,6,15H,(H2,13,14). The van der Waals surface area contributed by atoms with Gasteiger partial charge in [-0.2, -0.15) is 13.2 Å². The summed E-state index contributed by atoms with van der Waals surface area (Å²) >= 11 is 0. The first-order chi connectivity index (χ1) is 6.75. The molecule has 0 saturated heterocycles. The van der Waals surface area contributed by atoms with Gasteiger partial charge in [-0.15, -0.1) is 0 Å². The highest BCUT2D eigenvalue weighted by Gasteiger charge is 2.36. The van der Waals surface area contributed by atoms with Gasteiger partial charge < -0.3 is 10.8 Å². The maximum Gasteiger partial charge on any atom is 0.420 e. The van der Waals surface area contributed by atoms with E-state index in [1.165, 1.54) is 0 Å². The molecule has 0 amide bonds. The van der Waals surface area contributed by atoms with Crippen molar-refractivity contribution in [3.63, 3.8) is 0 Å². The van der Waals surface area contributed by atoms with Crippen molar-refractivity contribution in [2.45, 2.75) is 12.6 Å². The highest BCUT2D eigenvalue weighted by Crippen LogP contribution is 2.40. The molecule has 84 valence electrons. The third kappa shape index (κ3) is 2.08. The molecular weight excluding hydrogens is 223 g/mol. The predicted molar refractivity (Wildman–Crippen MR) is 40.3 cm³/mol. The van der Waals surface area contributed by atoms with E-state index in [2.05, 4.69) is 4.98 Å². The second-order valence-electron chi connectivity index (χ2n) is 2.62. The molecule has 0 aliphatic carbocycles. The summed E-state index contributed by atoms with van der Waals surface area (Å²) in [7, 11) is 0. The van der Waals surface area contributed by atoms with E-state index in [4.69, 9.17) is 10.8 Å². The quantitative estimate of drug-likeness (QED) is 0.725. The number of hydrogen-bond donors (Lipinski definition) is 2. The zero-order valence-electron chi connectivity index (χ0n) is 7.02. The second kappa shape index (κ2) is 3.52. The minimum absolute atomic E-state index is 0.163. The summed E-state index contributed by atoms with van der Waals surface area (Å²) < 4.78 is 60.6. The molecule has 0 fully saturated rings. The van der Waals surface area contributed by atoms with Crippen LogP contribution >= 0.6 is 0 Å². The van der Waals surface area contributed by atoms with E-state index < -0.39 is 35.3 Å². The van der Waals surface area contributed by atoms with E-state index in [1.807, 2.05) is 0 Å². The number of nitrogens with zero attached hydrogens (tertiary/aromatic N) is 1. The number of alkyl halides is 5. The van der Waals surface area contributed by atoms with E-state index >= 15 is 0 Å². The molecule has 8 heteroatoms. The SMILES string of the molecule is Nc1c(C(F)(F)F)cnc(C(F)F)c1O. The van der Waals surface area contributed by atoms with Gasteiger partial charge in [-0.05, 0) is 0 Å². The summed E-state index contributed by atoms with van der Waals surface area (Å²) in [6.07, 6.45) is -7.86. The zero-order chi connectivity index (χ0) is 11.8. The first-order valence-corrected chi connectivity index (χ1v) is 3.57. The molecule has 15 heavy (non-hydrogen) atoms. The fourth-order valence-corrected chi connectivity index (χ4v) is 0.916. The van der Waals surface area contributed by atoms with Gasteiger partial charge in [0.25, 0.3) is 6.43 Å². The lowest BCUT2D eigenvalue weighted by molar-refractivity contribution is -0.137. The summed E-state index contributed by atoms with van der Waals surface area (Å²) in [5.41, 5.74) is 1.11. The van der Waals surface area contributed by atoms with Crippen LogP contribution in [0.15, 0.2) is 6.20 Å². The molecule has 1 heterocycles. The van der Waals surface area contributed by atoms with Crippen LogP contribution in [0.1, 0.15) is 17.7 Å². The summed E-state index contributed by atoms with van der Waals surface area (Å²) in [6, 6.07) is 0. The van der Waals surface area contributed by atoms with Crippen molar-refractivity contribution in [3.05, 3.63) is 17.5 Å². The second-order valence-corrected chi connectivity index (χ2v) is 2.62. The van der Waals surface area contributed by atoms with Crippen LogP contribution in [0.3, 0.4) is 0 Å². The van der Waals surface area contributed by atoms with Crippen LogP contribution in [0.2, 0.25) is 0 Å². The minimum Gasteiger partial charge on any atom is -0.504 e. The van der Waals surface area contributed by atoms with Crippen LogP contribution in [0.5, 0.6) is 5.75 Å². The lowest BCUT2D eigenvalue weighted by Gasteiger charge is -2.12. The molecule has 0 aliphatic rings. The van der Waals surface area contributed by atoms with Crippen molar-refractivity contribution >= 4 is 5.69 Å². The number of nitrogens with two attached hydrogens (primary N) is 1. The molecule has 1 aromatic rings. The van der Waals surface area contributed by atoms with Gasteiger partial charge in [-0.25, -0.2) is 8.78 Å². The minimum atomic E-state index is -4.84. The maximum atomic E-state index is 12.1. The van der Waals surface area contributed by atoms with Crippen LogP contribution in [0.25, 0.3) is 0 Å². The van der Waals surface area contributed by atoms with E-state index in [0.29, 0.717) is 0 Å². The number of pyridine rings is 1. The van der Waals surface area contributed by atoms with E-state index in [9.17, 15) is 22.0 Å². The Morgan fingerprint density at radius 3 is 2.27 bits per heavy atom. The topological polar surface area (TPSA) is 59.1 Å². The number of nitrogen functional groups attached to an aromatic ring is 1. The van der Waals surface area contributed by atoms with E-state index in [0.717, 1.165) is 0 Å². The number of aromatic hydroxyl groups is 1. The predicted octanol–water partition coefficient (Wildman–Crippen LogP) is 2.33. The number of anilines is 1. The Hall–Kier alpha value is -1.60. The Morgan fingerprint density at radius 2 is 1.87 bits per heavy atom. The Labute approximate surface area is 80.3 Å². The smallest absolute Gasteiger partial charge is 0.420 e. The number of halogens is 5. The molecular formula is C7H5F5N2O. The van der Waals surface area contributed by atoms with Gasteiger partial charge in [0.2, 0.25) is 0 Å². The fourth-order valence-electron chi connectivity index (χ4n) is 0.916. The highest BCUT2D eigenvalue weighted by molar-refractivity contribution is 5.60. The zero-order valence-corrected chi connectivity index (χ0v) is 7.02. The van der Waals surface area contributed by atoms with Crippen molar-refractivity contribution in [3.8, 4) is 5.75 Å². The molecule has 3 nitrogen and oxygen atoms in total.